The zero-order valence-corrected chi connectivity index (χ0v) is 11.1. The average molecular weight is 252 g/mol. The molecule has 2 heterocycles. The van der Waals surface area contributed by atoms with Gasteiger partial charge in [-0.1, -0.05) is 0 Å². The van der Waals surface area contributed by atoms with Gasteiger partial charge in [0.2, 0.25) is 0 Å². The molecular weight excluding hydrogens is 232 g/mol. The number of aliphatic hydroxyl groups is 1. The Morgan fingerprint density at radius 1 is 1.44 bits per heavy atom. The molecule has 1 unspecified atom stereocenters. The van der Waals surface area contributed by atoms with E-state index >= 15 is 0 Å². The smallest absolute Gasteiger partial charge is 0.160 e. The number of hydrogen-bond donors (Lipinski definition) is 1. The summed E-state index contributed by atoms with van der Waals surface area (Å²) in [7, 11) is 1.69. The highest BCUT2D eigenvalue weighted by Gasteiger charge is 2.37. The molecule has 18 heavy (non-hydrogen) atoms. The van der Waals surface area contributed by atoms with Gasteiger partial charge < -0.3 is 14.6 Å². The number of hydrogen-bond acceptors (Lipinski definition) is 5. The second kappa shape index (κ2) is 5.30. The van der Waals surface area contributed by atoms with Crippen molar-refractivity contribution in [1.82, 2.24) is 9.97 Å². The van der Waals surface area contributed by atoms with Gasteiger partial charge in [-0.2, -0.15) is 0 Å². The van der Waals surface area contributed by atoms with Gasteiger partial charge in [0, 0.05) is 50.6 Å². The van der Waals surface area contributed by atoms with Gasteiger partial charge in [-0.15, -0.1) is 0 Å². The average Bonchev–Trinajstić information content (AvgIpc) is 2.39. The van der Waals surface area contributed by atoms with Crippen molar-refractivity contribution >= 4 is 0 Å². The van der Waals surface area contributed by atoms with Crippen molar-refractivity contribution in [2.75, 3.05) is 20.3 Å². The maximum absolute atomic E-state index is 9.60. The summed E-state index contributed by atoms with van der Waals surface area (Å²) in [5.41, 5.74) is 1.12. The first-order chi connectivity index (χ1) is 8.59. The molecule has 0 amide bonds. The van der Waals surface area contributed by atoms with Gasteiger partial charge in [0.1, 0.15) is 5.60 Å². The van der Waals surface area contributed by atoms with E-state index < -0.39 is 11.7 Å². The normalized spacial score (nSPS) is 20.7. The Morgan fingerprint density at radius 2 is 2.11 bits per heavy atom. The maximum Gasteiger partial charge on any atom is 0.160 e. The molecule has 0 saturated carbocycles. The highest BCUT2D eigenvalue weighted by molar-refractivity contribution is 5.20. The van der Waals surface area contributed by atoms with Crippen LogP contribution in [0.2, 0.25) is 0 Å². The van der Waals surface area contributed by atoms with Crippen molar-refractivity contribution in [3.8, 4) is 0 Å². The van der Waals surface area contributed by atoms with Crippen molar-refractivity contribution in [3.63, 3.8) is 0 Å². The Kier molecular flexibility index (Phi) is 3.94. The predicted octanol–water partition coefficient (Wildman–Crippen LogP) is 1.49. The van der Waals surface area contributed by atoms with Gasteiger partial charge in [-0.25, -0.2) is 9.97 Å². The number of aryl methyl sites for hydroxylation is 1. The predicted molar refractivity (Wildman–Crippen MR) is 66.1 cm³/mol. The third-order valence-electron chi connectivity index (χ3n) is 3.57. The van der Waals surface area contributed by atoms with Crippen LogP contribution in [-0.4, -0.2) is 35.4 Å². The third-order valence-corrected chi connectivity index (χ3v) is 3.57. The van der Waals surface area contributed by atoms with Crippen LogP contribution in [0.5, 0.6) is 0 Å². The monoisotopic (exact) mass is 252 g/mol. The number of aliphatic hydroxyl groups excluding tert-OH is 1. The molecule has 2 rings (SSSR count). The molecule has 5 nitrogen and oxygen atoms in total. The Morgan fingerprint density at radius 3 is 2.61 bits per heavy atom. The SMILES string of the molecule is COC1(c2ncc(C(C)O)c(C)n2)CCOCC1. The molecule has 0 bridgehead atoms. The van der Waals surface area contributed by atoms with E-state index in [9.17, 15) is 5.11 Å². The second-order valence-electron chi connectivity index (χ2n) is 4.72. The summed E-state index contributed by atoms with van der Waals surface area (Å²) >= 11 is 0. The summed E-state index contributed by atoms with van der Waals surface area (Å²) in [4.78, 5) is 8.89. The molecule has 1 saturated heterocycles. The Hall–Kier alpha value is -1.04. The summed E-state index contributed by atoms with van der Waals surface area (Å²) in [6.07, 6.45) is 2.67. The number of methoxy groups -OCH3 is 1. The van der Waals surface area contributed by atoms with Crippen LogP contribution in [0.4, 0.5) is 0 Å². The highest BCUT2D eigenvalue weighted by Crippen LogP contribution is 2.33. The number of rotatable bonds is 3. The lowest BCUT2D eigenvalue weighted by atomic mass is 9.92. The molecule has 1 aliphatic rings. The molecule has 0 aliphatic carbocycles. The third kappa shape index (κ3) is 2.39. The fourth-order valence-electron chi connectivity index (χ4n) is 2.33. The van der Waals surface area contributed by atoms with E-state index in [1.54, 1.807) is 20.2 Å². The van der Waals surface area contributed by atoms with Gasteiger partial charge in [0.25, 0.3) is 0 Å². The first-order valence-corrected chi connectivity index (χ1v) is 6.24. The Balaban J connectivity index is 2.34. The molecule has 1 N–H and O–H groups in total. The van der Waals surface area contributed by atoms with Crippen LogP contribution in [0, 0.1) is 6.92 Å². The molecule has 100 valence electrons. The van der Waals surface area contributed by atoms with Crippen molar-refractivity contribution in [2.24, 2.45) is 0 Å². The van der Waals surface area contributed by atoms with E-state index in [-0.39, 0.29) is 0 Å². The fourth-order valence-corrected chi connectivity index (χ4v) is 2.33. The van der Waals surface area contributed by atoms with Crippen LogP contribution in [0.1, 0.15) is 43.0 Å². The lowest BCUT2D eigenvalue weighted by Crippen LogP contribution is -2.37. The lowest BCUT2D eigenvalue weighted by Gasteiger charge is -2.34. The molecule has 1 aromatic heterocycles. The lowest BCUT2D eigenvalue weighted by molar-refractivity contribution is -0.100. The van der Waals surface area contributed by atoms with E-state index in [0.717, 1.165) is 24.1 Å². The van der Waals surface area contributed by atoms with Crippen LogP contribution >= 0.6 is 0 Å². The summed E-state index contributed by atoms with van der Waals surface area (Å²) in [5.74, 6) is 0.690. The zero-order valence-electron chi connectivity index (χ0n) is 11.1. The number of aromatic nitrogens is 2. The van der Waals surface area contributed by atoms with Crippen molar-refractivity contribution in [2.45, 2.75) is 38.4 Å². The van der Waals surface area contributed by atoms with Crippen LogP contribution in [0.15, 0.2) is 6.20 Å². The van der Waals surface area contributed by atoms with Gasteiger partial charge in [-0.05, 0) is 13.8 Å². The molecule has 0 spiro atoms. The first kappa shape index (κ1) is 13.4. The van der Waals surface area contributed by atoms with E-state index in [1.807, 2.05) is 6.92 Å². The van der Waals surface area contributed by atoms with E-state index in [2.05, 4.69) is 9.97 Å². The Labute approximate surface area is 107 Å². The molecule has 0 aromatic carbocycles. The minimum absolute atomic E-state index is 0.444. The van der Waals surface area contributed by atoms with Crippen LogP contribution in [0.3, 0.4) is 0 Å². The summed E-state index contributed by atoms with van der Waals surface area (Å²) < 4.78 is 11.0. The molecule has 0 radical (unpaired) electrons. The molecule has 1 aliphatic heterocycles. The van der Waals surface area contributed by atoms with Crippen LogP contribution in [0.25, 0.3) is 0 Å². The van der Waals surface area contributed by atoms with Crippen molar-refractivity contribution < 1.29 is 14.6 Å². The van der Waals surface area contributed by atoms with Gasteiger partial charge in [0.05, 0.1) is 6.10 Å². The van der Waals surface area contributed by atoms with Crippen LogP contribution in [-0.2, 0) is 15.1 Å². The van der Waals surface area contributed by atoms with E-state index in [4.69, 9.17) is 9.47 Å². The van der Waals surface area contributed by atoms with Gasteiger partial charge in [0.15, 0.2) is 5.82 Å². The summed E-state index contributed by atoms with van der Waals surface area (Å²) in [6.45, 7) is 4.92. The fraction of sp³-hybridized carbons (Fsp3) is 0.692. The highest BCUT2D eigenvalue weighted by atomic mass is 16.5. The summed E-state index contributed by atoms with van der Waals surface area (Å²) in [6, 6.07) is 0. The molecule has 5 heteroatoms. The zero-order chi connectivity index (χ0) is 13.2. The molecule has 1 fully saturated rings. The van der Waals surface area contributed by atoms with Crippen molar-refractivity contribution in [1.29, 1.82) is 0 Å². The second-order valence-corrected chi connectivity index (χ2v) is 4.72. The standard InChI is InChI=1S/C13H20N2O3/c1-9-11(10(2)16)8-14-12(15-9)13(17-3)4-6-18-7-5-13/h8,10,16H,4-7H2,1-3H3. The van der Waals surface area contributed by atoms with E-state index in [0.29, 0.717) is 19.0 Å². The largest absolute Gasteiger partial charge is 0.389 e. The minimum Gasteiger partial charge on any atom is -0.389 e. The van der Waals surface area contributed by atoms with E-state index in [1.165, 1.54) is 0 Å². The van der Waals surface area contributed by atoms with Gasteiger partial charge >= 0.3 is 0 Å². The van der Waals surface area contributed by atoms with Crippen LogP contribution < -0.4 is 0 Å². The van der Waals surface area contributed by atoms with Crippen molar-refractivity contribution in [3.05, 3.63) is 23.3 Å². The maximum atomic E-state index is 9.60. The minimum atomic E-state index is -0.549. The molecule has 1 aromatic rings. The topological polar surface area (TPSA) is 64.5 Å². The molecular formula is C13H20N2O3. The summed E-state index contributed by atoms with van der Waals surface area (Å²) in [5, 5.41) is 9.60. The van der Waals surface area contributed by atoms with Gasteiger partial charge in [-0.3, -0.25) is 0 Å². The first-order valence-electron chi connectivity index (χ1n) is 6.24. The molecule has 1 atom stereocenters. The number of nitrogens with zero attached hydrogens (tertiary/aromatic N) is 2. The quantitative estimate of drug-likeness (QED) is 0.883. The number of ether oxygens (including phenoxy) is 2. The Bertz CT molecular complexity index is 415.